The normalized spacial score (nSPS) is 19.8. The van der Waals surface area contributed by atoms with Gasteiger partial charge in [0.15, 0.2) is 11.9 Å². The molecule has 4 rings (SSSR count). The van der Waals surface area contributed by atoms with E-state index in [1.807, 2.05) is 12.1 Å². The molecule has 1 saturated heterocycles. The summed E-state index contributed by atoms with van der Waals surface area (Å²) in [5, 5.41) is 0. The van der Waals surface area contributed by atoms with Crippen molar-refractivity contribution in [1.29, 1.82) is 0 Å². The zero-order valence-electron chi connectivity index (χ0n) is 19.0. The van der Waals surface area contributed by atoms with Gasteiger partial charge in [0.25, 0.3) is 0 Å². The van der Waals surface area contributed by atoms with Crippen LogP contribution in [0.5, 0.6) is 5.75 Å². The second kappa shape index (κ2) is 9.51. The van der Waals surface area contributed by atoms with Crippen molar-refractivity contribution in [3.63, 3.8) is 0 Å². The second-order valence-corrected chi connectivity index (χ2v) is 7.84. The molecule has 2 N–H and O–H groups in total. The van der Waals surface area contributed by atoms with Gasteiger partial charge in [-0.15, -0.1) is 0 Å². The number of aromatic nitrogens is 4. The molecule has 34 heavy (non-hydrogen) atoms. The molecule has 3 aromatic rings. The first kappa shape index (κ1) is 23.2. The third kappa shape index (κ3) is 4.57. The van der Waals surface area contributed by atoms with Crippen LogP contribution in [0.15, 0.2) is 35.3 Å². The highest BCUT2D eigenvalue weighted by atomic mass is 16.6. The summed E-state index contributed by atoms with van der Waals surface area (Å²) < 4.78 is 24.1. The van der Waals surface area contributed by atoms with Crippen molar-refractivity contribution in [2.24, 2.45) is 0 Å². The van der Waals surface area contributed by atoms with Gasteiger partial charge in [-0.2, -0.15) is 4.98 Å². The van der Waals surface area contributed by atoms with Crippen LogP contribution in [0.4, 0.5) is 5.95 Å². The molecule has 2 aromatic heterocycles. The quantitative estimate of drug-likeness (QED) is 0.495. The maximum Gasteiger partial charge on any atom is 0.332 e. The van der Waals surface area contributed by atoms with Gasteiger partial charge in [-0.1, -0.05) is 12.1 Å². The monoisotopic (exact) mass is 471 g/mol. The highest BCUT2D eigenvalue weighted by Crippen LogP contribution is 2.34. The molecule has 0 saturated carbocycles. The van der Waals surface area contributed by atoms with E-state index >= 15 is 0 Å². The van der Waals surface area contributed by atoms with E-state index in [2.05, 4.69) is 9.97 Å². The SMILES string of the molecule is COC(=O)C[C@@H]1C[C@@H](OC(C)=O)[C@H](n2c(=O)n(Cc3ccc(OC)cc3)c3cnc(N)nc32)O1. The number of esters is 2. The number of carbonyl (C=O) groups is 2. The van der Waals surface area contributed by atoms with Crippen LogP contribution in [0.25, 0.3) is 11.2 Å². The minimum absolute atomic E-state index is 0.0315. The van der Waals surface area contributed by atoms with E-state index in [1.54, 1.807) is 19.2 Å². The van der Waals surface area contributed by atoms with Gasteiger partial charge in [0.2, 0.25) is 5.95 Å². The van der Waals surface area contributed by atoms with E-state index < -0.39 is 36.1 Å². The molecular weight excluding hydrogens is 446 g/mol. The minimum atomic E-state index is -1.01. The zero-order valence-corrected chi connectivity index (χ0v) is 19.0. The summed E-state index contributed by atoms with van der Waals surface area (Å²) in [6, 6.07) is 7.27. The molecule has 180 valence electrons. The highest BCUT2D eigenvalue weighted by molar-refractivity contribution is 5.72. The lowest BCUT2D eigenvalue weighted by atomic mass is 10.1. The van der Waals surface area contributed by atoms with E-state index in [9.17, 15) is 14.4 Å². The highest BCUT2D eigenvalue weighted by Gasteiger charge is 2.42. The van der Waals surface area contributed by atoms with Crippen molar-refractivity contribution in [3.8, 4) is 5.75 Å². The fraction of sp³-hybridized carbons (Fsp3) is 0.409. The summed E-state index contributed by atoms with van der Waals surface area (Å²) in [5.41, 5.74) is 6.86. The van der Waals surface area contributed by atoms with Crippen LogP contribution in [-0.4, -0.2) is 57.5 Å². The van der Waals surface area contributed by atoms with Gasteiger partial charge < -0.3 is 24.7 Å². The Morgan fingerprint density at radius 2 is 1.97 bits per heavy atom. The Morgan fingerprint density at radius 3 is 2.62 bits per heavy atom. The summed E-state index contributed by atoms with van der Waals surface area (Å²) in [5.74, 6) is -0.361. The molecule has 0 radical (unpaired) electrons. The van der Waals surface area contributed by atoms with E-state index in [4.69, 9.17) is 24.7 Å². The molecule has 1 fully saturated rings. The first-order valence-corrected chi connectivity index (χ1v) is 10.6. The molecule has 3 heterocycles. The Kier molecular flexibility index (Phi) is 6.50. The molecular formula is C22H25N5O7. The van der Waals surface area contributed by atoms with E-state index in [0.717, 1.165) is 5.56 Å². The van der Waals surface area contributed by atoms with Crippen LogP contribution in [0.3, 0.4) is 0 Å². The van der Waals surface area contributed by atoms with E-state index in [-0.39, 0.29) is 31.0 Å². The summed E-state index contributed by atoms with van der Waals surface area (Å²) in [6.45, 7) is 1.48. The number of nitrogens with two attached hydrogens (primary N) is 1. The molecule has 1 aliphatic heterocycles. The minimum Gasteiger partial charge on any atom is -0.497 e. The van der Waals surface area contributed by atoms with Crippen LogP contribution >= 0.6 is 0 Å². The number of nitrogens with zero attached hydrogens (tertiary/aromatic N) is 4. The average molecular weight is 471 g/mol. The predicted octanol–water partition coefficient (Wildman–Crippen LogP) is 1.01. The number of imidazole rings is 1. The predicted molar refractivity (Wildman–Crippen MR) is 119 cm³/mol. The maximum atomic E-state index is 13.6. The van der Waals surface area contributed by atoms with Gasteiger partial charge in [-0.25, -0.2) is 14.3 Å². The van der Waals surface area contributed by atoms with Gasteiger partial charge >= 0.3 is 17.6 Å². The molecule has 1 aliphatic rings. The van der Waals surface area contributed by atoms with Crippen molar-refractivity contribution in [3.05, 3.63) is 46.5 Å². The number of fused-ring (bicyclic) bond motifs is 1. The van der Waals surface area contributed by atoms with Crippen LogP contribution in [0.1, 0.15) is 31.6 Å². The second-order valence-electron chi connectivity index (χ2n) is 7.84. The summed E-state index contributed by atoms with van der Waals surface area (Å²) in [4.78, 5) is 45.4. The molecule has 0 bridgehead atoms. The number of nitrogen functional groups attached to an aromatic ring is 1. The zero-order chi connectivity index (χ0) is 24.4. The lowest BCUT2D eigenvalue weighted by Gasteiger charge is -2.19. The van der Waals surface area contributed by atoms with Crippen molar-refractivity contribution in [2.75, 3.05) is 20.0 Å². The maximum absolute atomic E-state index is 13.6. The smallest absolute Gasteiger partial charge is 0.332 e. The Labute approximate surface area is 194 Å². The van der Waals surface area contributed by atoms with Crippen molar-refractivity contribution in [1.82, 2.24) is 19.1 Å². The van der Waals surface area contributed by atoms with Gasteiger partial charge in [0, 0.05) is 13.3 Å². The van der Waals surface area contributed by atoms with Crippen LogP contribution in [0, 0.1) is 0 Å². The van der Waals surface area contributed by atoms with Crippen molar-refractivity contribution >= 4 is 29.1 Å². The number of carbonyl (C=O) groups excluding carboxylic acids is 2. The van der Waals surface area contributed by atoms with Crippen molar-refractivity contribution in [2.45, 2.75) is 44.7 Å². The Hall–Kier alpha value is -3.93. The topological polar surface area (TPSA) is 150 Å². The Balaban J connectivity index is 1.78. The Bertz CT molecular complexity index is 1270. The first-order chi connectivity index (χ1) is 16.3. The number of rotatable bonds is 7. The van der Waals surface area contributed by atoms with E-state index in [0.29, 0.717) is 11.3 Å². The summed E-state index contributed by atoms with van der Waals surface area (Å²) >= 11 is 0. The number of ether oxygens (including phenoxy) is 4. The molecule has 3 atom stereocenters. The van der Waals surface area contributed by atoms with Crippen LogP contribution in [-0.2, 0) is 30.3 Å². The first-order valence-electron chi connectivity index (χ1n) is 10.6. The van der Waals surface area contributed by atoms with Gasteiger partial charge in [0.05, 0.1) is 39.5 Å². The standard InChI is InChI=1S/C22H25N5O7/c1-12(28)33-17-8-15(9-18(29)32-3)34-20(17)27-19-16(10-24-21(23)25-19)26(22(27)30)11-13-4-6-14(31-2)7-5-13/h4-7,10,15,17,20H,8-9,11H2,1-3H3,(H2,23,24,25)/t15-,17+,20+/m0/s1. The number of anilines is 1. The summed E-state index contributed by atoms with van der Waals surface area (Å²) in [6.07, 6.45) is -0.840. The Morgan fingerprint density at radius 1 is 1.24 bits per heavy atom. The third-order valence-corrected chi connectivity index (χ3v) is 5.56. The number of methoxy groups -OCH3 is 2. The number of benzene rings is 1. The molecule has 0 amide bonds. The van der Waals surface area contributed by atoms with Gasteiger partial charge in [-0.3, -0.25) is 14.2 Å². The molecule has 0 aliphatic carbocycles. The van der Waals surface area contributed by atoms with Gasteiger partial charge in [0.1, 0.15) is 17.4 Å². The van der Waals surface area contributed by atoms with Crippen LogP contribution < -0.4 is 16.2 Å². The fourth-order valence-electron chi connectivity index (χ4n) is 4.03. The third-order valence-electron chi connectivity index (χ3n) is 5.56. The fourth-order valence-corrected chi connectivity index (χ4v) is 4.03. The lowest BCUT2D eigenvalue weighted by Crippen LogP contribution is -2.34. The molecule has 1 aromatic carbocycles. The van der Waals surface area contributed by atoms with Crippen LogP contribution in [0.2, 0.25) is 0 Å². The van der Waals surface area contributed by atoms with Crippen molar-refractivity contribution < 1.29 is 28.5 Å². The lowest BCUT2D eigenvalue weighted by molar-refractivity contribution is -0.153. The molecule has 0 unspecified atom stereocenters. The number of hydrogen-bond acceptors (Lipinski definition) is 10. The number of hydrogen-bond donors (Lipinski definition) is 1. The van der Waals surface area contributed by atoms with Gasteiger partial charge in [-0.05, 0) is 17.7 Å². The largest absolute Gasteiger partial charge is 0.497 e. The molecule has 0 spiro atoms. The molecule has 12 heteroatoms. The average Bonchev–Trinajstić information content (AvgIpc) is 3.30. The molecule has 12 nitrogen and oxygen atoms in total. The van der Waals surface area contributed by atoms with E-state index in [1.165, 1.54) is 29.4 Å². The summed E-state index contributed by atoms with van der Waals surface area (Å²) in [7, 11) is 2.85.